The number of amides is 1. The lowest BCUT2D eigenvalue weighted by Gasteiger charge is -2.35. The summed E-state index contributed by atoms with van der Waals surface area (Å²) in [4.78, 5) is 13.7. The molecule has 1 amide bonds. The van der Waals surface area contributed by atoms with Crippen LogP contribution >= 0.6 is 0 Å². The van der Waals surface area contributed by atoms with Crippen molar-refractivity contribution in [1.29, 1.82) is 0 Å². The van der Waals surface area contributed by atoms with Gasteiger partial charge < -0.3 is 4.90 Å². The van der Waals surface area contributed by atoms with Gasteiger partial charge in [0, 0.05) is 13.1 Å². The molecule has 1 aromatic carbocycles. The van der Waals surface area contributed by atoms with Gasteiger partial charge in [0.05, 0.1) is 11.1 Å². The van der Waals surface area contributed by atoms with Crippen molar-refractivity contribution in [3.8, 4) is 0 Å². The van der Waals surface area contributed by atoms with E-state index in [1.165, 1.54) is 4.90 Å². The predicted octanol–water partition coefficient (Wildman–Crippen LogP) is 3.96. The van der Waals surface area contributed by atoms with Crippen LogP contribution in [0.1, 0.15) is 36.2 Å². The van der Waals surface area contributed by atoms with Crippen molar-refractivity contribution in [2.75, 3.05) is 13.1 Å². The van der Waals surface area contributed by atoms with Crippen molar-refractivity contribution in [2.24, 2.45) is 11.8 Å². The summed E-state index contributed by atoms with van der Waals surface area (Å²) in [6.07, 6.45) is -3.82. The van der Waals surface area contributed by atoms with E-state index in [1.54, 1.807) is 0 Å². The number of halogens is 4. The van der Waals surface area contributed by atoms with Gasteiger partial charge in [-0.1, -0.05) is 13.8 Å². The lowest BCUT2D eigenvalue weighted by molar-refractivity contribution is -0.137. The maximum atomic E-state index is 13.7. The van der Waals surface area contributed by atoms with Crippen LogP contribution in [-0.4, -0.2) is 23.9 Å². The molecule has 0 spiro atoms. The molecule has 2 unspecified atom stereocenters. The molecule has 2 atom stereocenters. The van der Waals surface area contributed by atoms with E-state index in [0.29, 0.717) is 37.2 Å². The summed E-state index contributed by atoms with van der Waals surface area (Å²) < 4.78 is 51.7. The minimum Gasteiger partial charge on any atom is -0.338 e. The molecule has 2 nitrogen and oxygen atoms in total. The van der Waals surface area contributed by atoms with Gasteiger partial charge in [-0.15, -0.1) is 0 Å². The second-order valence-electron chi connectivity index (χ2n) is 5.69. The average molecular weight is 303 g/mol. The Balaban J connectivity index is 2.27. The topological polar surface area (TPSA) is 20.3 Å². The molecule has 0 bridgehead atoms. The summed E-state index contributed by atoms with van der Waals surface area (Å²) in [5, 5.41) is 0. The van der Waals surface area contributed by atoms with Crippen LogP contribution in [0, 0.1) is 17.7 Å². The first-order valence-corrected chi connectivity index (χ1v) is 6.86. The first kappa shape index (κ1) is 15.8. The van der Waals surface area contributed by atoms with Crippen molar-refractivity contribution < 1.29 is 22.4 Å². The first-order valence-electron chi connectivity index (χ1n) is 6.86. The minimum atomic E-state index is -4.59. The van der Waals surface area contributed by atoms with Crippen molar-refractivity contribution in [3.05, 3.63) is 35.1 Å². The van der Waals surface area contributed by atoms with E-state index in [1.807, 2.05) is 6.92 Å². The number of hydrogen-bond acceptors (Lipinski definition) is 1. The number of nitrogens with zero attached hydrogens (tertiary/aromatic N) is 1. The minimum absolute atomic E-state index is 0.247. The lowest BCUT2D eigenvalue weighted by atomic mass is 9.88. The van der Waals surface area contributed by atoms with Gasteiger partial charge in [-0.05, 0) is 36.5 Å². The summed E-state index contributed by atoms with van der Waals surface area (Å²) in [5.74, 6) is -0.895. The number of likely N-dealkylation sites (tertiary alicyclic amines) is 1. The Kier molecular flexibility index (Phi) is 4.25. The molecule has 0 radical (unpaired) electrons. The highest BCUT2D eigenvalue weighted by Gasteiger charge is 2.33. The van der Waals surface area contributed by atoms with Crippen molar-refractivity contribution in [3.63, 3.8) is 0 Å². The third-order valence-electron chi connectivity index (χ3n) is 4.15. The summed E-state index contributed by atoms with van der Waals surface area (Å²) in [7, 11) is 0. The van der Waals surface area contributed by atoms with E-state index in [-0.39, 0.29) is 5.92 Å². The molecule has 6 heteroatoms. The fourth-order valence-electron chi connectivity index (χ4n) is 2.48. The Labute approximate surface area is 120 Å². The van der Waals surface area contributed by atoms with Gasteiger partial charge in [0.2, 0.25) is 0 Å². The normalized spacial score (nSPS) is 23.2. The standard InChI is InChI=1S/C15H17F4NO/c1-9-5-6-20(8-10(9)2)14(21)12-7-11(15(17,18)19)3-4-13(12)16/h3-4,7,9-10H,5-6,8H2,1-2H3. The molecule has 1 aromatic rings. The Hall–Kier alpha value is -1.59. The van der Waals surface area contributed by atoms with E-state index >= 15 is 0 Å². The molecule has 0 saturated carbocycles. The van der Waals surface area contributed by atoms with Gasteiger partial charge in [-0.2, -0.15) is 13.2 Å². The molecule has 116 valence electrons. The van der Waals surface area contributed by atoms with Crippen LogP contribution in [0.15, 0.2) is 18.2 Å². The maximum Gasteiger partial charge on any atom is 0.416 e. The zero-order valence-corrected chi connectivity index (χ0v) is 11.9. The highest BCUT2D eigenvalue weighted by Crippen LogP contribution is 2.31. The number of carbonyl (C=O) groups excluding carboxylic acids is 1. The molecular weight excluding hydrogens is 286 g/mol. The van der Waals surface area contributed by atoms with Crippen LogP contribution in [-0.2, 0) is 6.18 Å². The maximum absolute atomic E-state index is 13.7. The summed E-state index contributed by atoms with van der Waals surface area (Å²) in [6, 6.07) is 1.94. The zero-order valence-electron chi connectivity index (χ0n) is 11.9. The highest BCUT2D eigenvalue weighted by molar-refractivity contribution is 5.94. The van der Waals surface area contributed by atoms with Crippen LogP contribution in [0.2, 0.25) is 0 Å². The molecule has 1 saturated heterocycles. The molecule has 1 heterocycles. The number of rotatable bonds is 1. The molecule has 21 heavy (non-hydrogen) atoms. The van der Waals surface area contributed by atoms with Gasteiger partial charge in [-0.3, -0.25) is 4.79 Å². The van der Waals surface area contributed by atoms with Crippen LogP contribution in [0.4, 0.5) is 17.6 Å². The largest absolute Gasteiger partial charge is 0.416 e. The zero-order chi connectivity index (χ0) is 15.8. The Morgan fingerprint density at radius 2 is 1.90 bits per heavy atom. The highest BCUT2D eigenvalue weighted by atomic mass is 19.4. The van der Waals surface area contributed by atoms with Crippen molar-refractivity contribution in [2.45, 2.75) is 26.4 Å². The smallest absolute Gasteiger partial charge is 0.338 e. The lowest BCUT2D eigenvalue weighted by Crippen LogP contribution is -2.42. The molecule has 2 rings (SSSR count). The number of alkyl halides is 3. The van der Waals surface area contributed by atoms with Crippen LogP contribution in [0.3, 0.4) is 0 Å². The van der Waals surface area contributed by atoms with Gasteiger partial charge in [-0.25, -0.2) is 4.39 Å². The van der Waals surface area contributed by atoms with Gasteiger partial charge in [0.15, 0.2) is 0 Å². The molecular formula is C15H17F4NO. The fourth-order valence-corrected chi connectivity index (χ4v) is 2.48. The number of hydrogen-bond donors (Lipinski definition) is 0. The quantitative estimate of drug-likeness (QED) is 0.719. The number of piperidine rings is 1. The summed E-state index contributed by atoms with van der Waals surface area (Å²) in [5.41, 5.74) is -1.52. The van der Waals surface area contributed by atoms with Gasteiger partial charge in [0.1, 0.15) is 5.82 Å². The average Bonchev–Trinajstić information content (AvgIpc) is 2.40. The van der Waals surface area contributed by atoms with E-state index < -0.39 is 29.0 Å². The fraction of sp³-hybridized carbons (Fsp3) is 0.533. The van der Waals surface area contributed by atoms with Crippen molar-refractivity contribution >= 4 is 5.91 Å². The van der Waals surface area contributed by atoms with Crippen LogP contribution < -0.4 is 0 Å². The van der Waals surface area contributed by atoms with Crippen LogP contribution in [0.25, 0.3) is 0 Å². The second-order valence-corrected chi connectivity index (χ2v) is 5.69. The predicted molar refractivity (Wildman–Crippen MR) is 70.3 cm³/mol. The van der Waals surface area contributed by atoms with Crippen molar-refractivity contribution in [1.82, 2.24) is 4.90 Å². The molecule has 1 fully saturated rings. The molecule has 0 aromatic heterocycles. The Bertz CT molecular complexity index is 541. The van der Waals surface area contributed by atoms with Gasteiger partial charge in [0.25, 0.3) is 5.91 Å². The van der Waals surface area contributed by atoms with E-state index in [9.17, 15) is 22.4 Å². The number of carbonyl (C=O) groups is 1. The van der Waals surface area contributed by atoms with E-state index in [2.05, 4.69) is 6.92 Å². The molecule has 1 aliphatic rings. The SMILES string of the molecule is CC1CCN(C(=O)c2cc(C(F)(F)F)ccc2F)CC1C. The summed E-state index contributed by atoms with van der Waals surface area (Å²) in [6.45, 7) is 4.93. The number of benzene rings is 1. The second kappa shape index (κ2) is 5.66. The molecule has 1 aliphatic heterocycles. The van der Waals surface area contributed by atoms with E-state index in [0.717, 1.165) is 6.42 Å². The third-order valence-corrected chi connectivity index (χ3v) is 4.15. The van der Waals surface area contributed by atoms with E-state index in [4.69, 9.17) is 0 Å². The molecule has 0 N–H and O–H groups in total. The monoisotopic (exact) mass is 303 g/mol. The Morgan fingerprint density at radius 3 is 2.48 bits per heavy atom. The first-order chi connectivity index (χ1) is 9.70. The Morgan fingerprint density at radius 1 is 1.24 bits per heavy atom. The molecule has 0 aliphatic carbocycles. The van der Waals surface area contributed by atoms with Crippen LogP contribution in [0.5, 0.6) is 0 Å². The van der Waals surface area contributed by atoms with Gasteiger partial charge >= 0.3 is 6.18 Å². The summed E-state index contributed by atoms with van der Waals surface area (Å²) >= 11 is 0. The third kappa shape index (κ3) is 3.36.